The molecule has 2 aromatic rings. The van der Waals surface area contributed by atoms with Gasteiger partial charge in [-0.15, -0.1) is 35.3 Å². The minimum Gasteiger partial charge on any atom is -0.352 e. The fraction of sp³-hybridized carbons (Fsp3) is 0.450. The summed E-state index contributed by atoms with van der Waals surface area (Å²) in [6, 6.07) is 7.64. The standard InChI is InChI=1S/C20H29N5OS.HI/c1-5-6-11-22-19(26)17-9-7-16(8-10-17)12-23-20(21-4)24-13-18-25-14(2)15(3)27-18;/h7-10H,5-6,11-13H2,1-4H3,(H,22,26)(H2,21,23,24);1H. The van der Waals surface area contributed by atoms with Gasteiger partial charge < -0.3 is 16.0 Å². The maximum Gasteiger partial charge on any atom is 0.251 e. The Morgan fingerprint density at radius 3 is 2.36 bits per heavy atom. The number of hydrogen-bond acceptors (Lipinski definition) is 4. The van der Waals surface area contributed by atoms with Crippen molar-refractivity contribution >= 4 is 47.2 Å². The molecule has 0 fully saturated rings. The Morgan fingerprint density at radius 2 is 1.79 bits per heavy atom. The van der Waals surface area contributed by atoms with Crippen molar-refractivity contribution in [1.82, 2.24) is 20.9 Å². The lowest BCUT2D eigenvalue weighted by atomic mass is 10.1. The minimum absolute atomic E-state index is 0. The van der Waals surface area contributed by atoms with E-state index in [1.54, 1.807) is 18.4 Å². The van der Waals surface area contributed by atoms with Gasteiger partial charge in [0.15, 0.2) is 5.96 Å². The van der Waals surface area contributed by atoms with E-state index in [1.165, 1.54) is 4.88 Å². The lowest BCUT2D eigenvalue weighted by Gasteiger charge is -2.11. The van der Waals surface area contributed by atoms with Gasteiger partial charge in [-0.05, 0) is 38.0 Å². The van der Waals surface area contributed by atoms with Gasteiger partial charge in [-0.1, -0.05) is 25.5 Å². The van der Waals surface area contributed by atoms with Gasteiger partial charge in [0.2, 0.25) is 0 Å². The van der Waals surface area contributed by atoms with Gasteiger partial charge in [-0.2, -0.15) is 0 Å². The van der Waals surface area contributed by atoms with Crippen molar-refractivity contribution in [1.29, 1.82) is 0 Å². The predicted octanol–water partition coefficient (Wildman–Crippen LogP) is 3.77. The van der Waals surface area contributed by atoms with Crippen LogP contribution in [0.1, 0.15) is 51.3 Å². The van der Waals surface area contributed by atoms with E-state index in [0.29, 0.717) is 18.7 Å². The number of amides is 1. The Balaban J connectivity index is 0.00000392. The lowest BCUT2D eigenvalue weighted by Crippen LogP contribution is -2.36. The van der Waals surface area contributed by atoms with E-state index < -0.39 is 0 Å². The first-order valence-corrected chi connectivity index (χ1v) is 10.1. The molecule has 0 spiro atoms. The quantitative estimate of drug-likeness (QED) is 0.217. The Kier molecular flexibility index (Phi) is 11.1. The zero-order valence-corrected chi connectivity index (χ0v) is 20.1. The molecule has 0 atom stereocenters. The van der Waals surface area contributed by atoms with Crippen molar-refractivity contribution in [2.45, 2.75) is 46.7 Å². The first-order valence-electron chi connectivity index (χ1n) is 9.28. The summed E-state index contributed by atoms with van der Waals surface area (Å²) in [7, 11) is 1.75. The van der Waals surface area contributed by atoms with Gasteiger partial charge in [-0.3, -0.25) is 9.79 Å². The molecular weight excluding hydrogens is 485 g/mol. The molecule has 6 nitrogen and oxygen atoms in total. The number of halogens is 1. The number of aromatic nitrogens is 1. The number of thiazole rings is 1. The summed E-state index contributed by atoms with van der Waals surface area (Å²) in [4.78, 5) is 22.0. The number of guanidine groups is 1. The lowest BCUT2D eigenvalue weighted by molar-refractivity contribution is 0.0953. The van der Waals surface area contributed by atoms with Crippen molar-refractivity contribution in [3.63, 3.8) is 0 Å². The van der Waals surface area contributed by atoms with Crippen LogP contribution in [-0.4, -0.2) is 30.4 Å². The zero-order chi connectivity index (χ0) is 19.6. The summed E-state index contributed by atoms with van der Waals surface area (Å²) in [6.45, 7) is 8.21. The highest BCUT2D eigenvalue weighted by Crippen LogP contribution is 2.15. The average Bonchev–Trinajstić information content (AvgIpc) is 3.00. The van der Waals surface area contributed by atoms with Crippen LogP contribution in [0, 0.1) is 13.8 Å². The maximum absolute atomic E-state index is 12.0. The SMILES string of the molecule is CCCCNC(=O)c1ccc(CNC(=NC)NCc2nc(C)c(C)s2)cc1.I. The third-order valence-electron chi connectivity index (χ3n) is 4.20. The second-order valence-corrected chi connectivity index (χ2v) is 7.62. The highest BCUT2D eigenvalue weighted by atomic mass is 127. The fourth-order valence-electron chi connectivity index (χ4n) is 2.44. The van der Waals surface area contributed by atoms with E-state index in [1.807, 2.05) is 31.2 Å². The number of rotatable bonds is 8. The molecule has 1 aromatic heterocycles. The van der Waals surface area contributed by atoms with Crippen LogP contribution in [0.3, 0.4) is 0 Å². The van der Waals surface area contributed by atoms with Crippen LogP contribution in [0.5, 0.6) is 0 Å². The van der Waals surface area contributed by atoms with Crippen LogP contribution in [0.25, 0.3) is 0 Å². The van der Waals surface area contributed by atoms with E-state index in [0.717, 1.165) is 41.6 Å². The number of unbranched alkanes of at least 4 members (excludes halogenated alkanes) is 1. The summed E-state index contributed by atoms with van der Waals surface area (Å²) in [6.07, 6.45) is 2.07. The highest BCUT2D eigenvalue weighted by Gasteiger charge is 2.06. The van der Waals surface area contributed by atoms with Crippen molar-refractivity contribution in [3.05, 3.63) is 51.0 Å². The van der Waals surface area contributed by atoms with Crippen molar-refractivity contribution in [2.75, 3.05) is 13.6 Å². The van der Waals surface area contributed by atoms with Crippen LogP contribution in [0.2, 0.25) is 0 Å². The Labute approximate surface area is 188 Å². The molecule has 1 heterocycles. The molecule has 0 bridgehead atoms. The summed E-state index contributed by atoms with van der Waals surface area (Å²) in [5, 5.41) is 10.5. The first kappa shape index (κ1) is 24.4. The zero-order valence-electron chi connectivity index (χ0n) is 17.0. The van der Waals surface area contributed by atoms with Crippen molar-refractivity contribution < 1.29 is 4.79 Å². The smallest absolute Gasteiger partial charge is 0.251 e. The van der Waals surface area contributed by atoms with E-state index in [4.69, 9.17) is 0 Å². The summed E-state index contributed by atoms with van der Waals surface area (Å²) in [5.74, 6) is 0.705. The molecule has 0 aliphatic carbocycles. The number of aryl methyl sites for hydroxylation is 2. The van der Waals surface area contributed by atoms with Crippen LogP contribution < -0.4 is 16.0 Å². The van der Waals surface area contributed by atoms with Gasteiger partial charge in [0.25, 0.3) is 5.91 Å². The second kappa shape index (κ2) is 12.7. The van der Waals surface area contributed by atoms with Crippen LogP contribution in [0.4, 0.5) is 0 Å². The third-order valence-corrected chi connectivity index (χ3v) is 5.27. The van der Waals surface area contributed by atoms with Gasteiger partial charge in [-0.25, -0.2) is 4.98 Å². The number of aliphatic imine (C=N–C) groups is 1. The van der Waals surface area contributed by atoms with Gasteiger partial charge in [0.05, 0.1) is 12.2 Å². The maximum atomic E-state index is 12.0. The average molecular weight is 515 g/mol. The number of nitrogens with one attached hydrogen (secondary N) is 3. The molecule has 3 N–H and O–H groups in total. The normalized spacial score (nSPS) is 10.9. The molecule has 1 aromatic carbocycles. The van der Waals surface area contributed by atoms with Crippen LogP contribution in [0.15, 0.2) is 29.3 Å². The molecular formula is C20H30IN5OS. The molecule has 28 heavy (non-hydrogen) atoms. The molecule has 0 saturated carbocycles. The number of benzene rings is 1. The molecule has 154 valence electrons. The summed E-state index contributed by atoms with van der Waals surface area (Å²) >= 11 is 1.70. The fourth-order valence-corrected chi connectivity index (χ4v) is 3.31. The Morgan fingerprint density at radius 1 is 1.11 bits per heavy atom. The summed E-state index contributed by atoms with van der Waals surface area (Å²) in [5.41, 5.74) is 2.86. The molecule has 0 aliphatic rings. The first-order chi connectivity index (χ1) is 13.0. The van der Waals surface area contributed by atoms with Crippen LogP contribution in [-0.2, 0) is 13.1 Å². The largest absolute Gasteiger partial charge is 0.352 e. The van der Waals surface area contributed by atoms with E-state index in [9.17, 15) is 4.79 Å². The Bertz CT molecular complexity index is 754. The van der Waals surface area contributed by atoms with Crippen LogP contribution >= 0.6 is 35.3 Å². The van der Waals surface area contributed by atoms with E-state index in [-0.39, 0.29) is 29.9 Å². The molecule has 0 radical (unpaired) electrons. The van der Waals surface area contributed by atoms with Gasteiger partial charge >= 0.3 is 0 Å². The van der Waals surface area contributed by atoms with E-state index in [2.05, 4.69) is 39.8 Å². The number of carbonyl (C=O) groups is 1. The molecule has 0 saturated heterocycles. The molecule has 0 aliphatic heterocycles. The molecule has 2 rings (SSSR count). The predicted molar refractivity (Wildman–Crippen MR) is 128 cm³/mol. The number of hydrogen-bond donors (Lipinski definition) is 3. The van der Waals surface area contributed by atoms with Gasteiger partial charge in [0, 0.05) is 30.6 Å². The highest BCUT2D eigenvalue weighted by molar-refractivity contribution is 14.0. The monoisotopic (exact) mass is 515 g/mol. The second-order valence-electron chi connectivity index (χ2n) is 6.33. The van der Waals surface area contributed by atoms with Crippen molar-refractivity contribution in [2.24, 2.45) is 4.99 Å². The topological polar surface area (TPSA) is 78.4 Å². The molecule has 0 unspecified atom stereocenters. The Hall–Kier alpha value is -1.68. The molecule has 1 amide bonds. The third kappa shape index (κ3) is 7.75. The minimum atomic E-state index is -0.0190. The number of nitrogens with zero attached hydrogens (tertiary/aromatic N) is 2. The summed E-state index contributed by atoms with van der Waals surface area (Å²) < 4.78 is 0. The van der Waals surface area contributed by atoms with E-state index >= 15 is 0 Å². The van der Waals surface area contributed by atoms with Crippen molar-refractivity contribution in [3.8, 4) is 0 Å². The number of carbonyl (C=O) groups excluding carboxylic acids is 1. The van der Waals surface area contributed by atoms with Gasteiger partial charge in [0.1, 0.15) is 5.01 Å². The molecule has 8 heteroatoms.